The summed E-state index contributed by atoms with van der Waals surface area (Å²) in [6.45, 7) is 0. The summed E-state index contributed by atoms with van der Waals surface area (Å²) in [6, 6.07) is 10.1. The maximum absolute atomic E-state index is 13.3. The molecule has 1 atom stereocenters. The molecule has 1 nitrogen and oxygen atoms in total. The van der Waals surface area contributed by atoms with Gasteiger partial charge in [-0.3, -0.25) is 0 Å². The third kappa shape index (κ3) is 1.53. The molecule has 19 heavy (non-hydrogen) atoms. The molecule has 0 aliphatic heterocycles. The normalized spacial score (nSPS) is 21.1. The zero-order valence-electron chi connectivity index (χ0n) is 9.50. The van der Waals surface area contributed by atoms with E-state index >= 15 is 0 Å². The Labute approximate surface area is 112 Å². The Morgan fingerprint density at radius 1 is 0.947 bits per heavy atom. The fourth-order valence-corrected chi connectivity index (χ4v) is 2.71. The van der Waals surface area contributed by atoms with Crippen LogP contribution in [0.25, 0.3) is 11.1 Å². The van der Waals surface area contributed by atoms with E-state index in [2.05, 4.69) is 0 Å². The van der Waals surface area contributed by atoms with E-state index in [-0.39, 0.29) is 16.1 Å². The Hall–Kier alpha value is -1.52. The minimum atomic E-state index is -4.81. The summed E-state index contributed by atoms with van der Waals surface area (Å²) < 4.78 is 40.0. The minimum absolute atomic E-state index is 0.153. The van der Waals surface area contributed by atoms with Crippen molar-refractivity contribution < 1.29 is 18.3 Å². The largest absolute Gasteiger partial charge is 0.425 e. The molecule has 0 aromatic heterocycles. The van der Waals surface area contributed by atoms with Crippen LogP contribution < -0.4 is 0 Å². The van der Waals surface area contributed by atoms with Gasteiger partial charge < -0.3 is 5.11 Å². The number of fused-ring (bicyclic) bond motifs is 3. The Balaban J connectivity index is 2.42. The third-order valence-electron chi connectivity index (χ3n) is 3.39. The highest BCUT2D eigenvalue weighted by molar-refractivity contribution is 6.30. The van der Waals surface area contributed by atoms with E-state index in [1.54, 1.807) is 12.1 Å². The van der Waals surface area contributed by atoms with Crippen LogP contribution in [0.1, 0.15) is 11.1 Å². The lowest BCUT2D eigenvalue weighted by Gasteiger charge is -2.28. The van der Waals surface area contributed by atoms with Crippen LogP contribution in [-0.4, -0.2) is 11.3 Å². The molecule has 0 radical (unpaired) electrons. The lowest BCUT2D eigenvalue weighted by atomic mass is 9.91. The van der Waals surface area contributed by atoms with Gasteiger partial charge in [0.2, 0.25) is 5.60 Å². The highest BCUT2D eigenvalue weighted by Gasteiger charge is 2.60. The van der Waals surface area contributed by atoms with Gasteiger partial charge in [-0.2, -0.15) is 13.2 Å². The van der Waals surface area contributed by atoms with Crippen molar-refractivity contribution in [3.8, 4) is 11.1 Å². The molecular formula is C14H8ClF3O. The van der Waals surface area contributed by atoms with Gasteiger partial charge in [0, 0.05) is 16.1 Å². The van der Waals surface area contributed by atoms with Crippen molar-refractivity contribution in [3.05, 3.63) is 58.6 Å². The standard InChI is InChI=1S/C14H8ClF3O/c15-8-5-6-10-9-3-1-2-4-11(9)13(19,12(10)7-8)14(16,17)18/h1-7,19H. The van der Waals surface area contributed by atoms with Crippen LogP contribution in [0, 0.1) is 0 Å². The van der Waals surface area contributed by atoms with Gasteiger partial charge in [0.05, 0.1) is 0 Å². The van der Waals surface area contributed by atoms with Gasteiger partial charge in [-0.1, -0.05) is 41.9 Å². The number of rotatable bonds is 0. The van der Waals surface area contributed by atoms with Crippen molar-refractivity contribution in [2.75, 3.05) is 0 Å². The highest BCUT2D eigenvalue weighted by Crippen LogP contribution is 2.55. The SMILES string of the molecule is OC1(C(F)(F)F)c2ccccc2-c2ccc(Cl)cc21. The van der Waals surface area contributed by atoms with Gasteiger partial charge in [0.15, 0.2) is 0 Å². The van der Waals surface area contributed by atoms with Crippen LogP contribution in [0.3, 0.4) is 0 Å². The zero-order valence-corrected chi connectivity index (χ0v) is 10.3. The summed E-state index contributed by atoms with van der Waals surface area (Å²) in [6.07, 6.45) is -4.81. The number of alkyl halides is 3. The second-order valence-electron chi connectivity index (χ2n) is 4.44. The Morgan fingerprint density at radius 2 is 1.58 bits per heavy atom. The van der Waals surface area contributed by atoms with Gasteiger partial charge >= 0.3 is 6.18 Å². The Bertz CT molecular complexity index is 666. The molecule has 98 valence electrons. The van der Waals surface area contributed by atoms with Crippen molar-refractivity contribution in [1.29, 1.82) is 0 Å². The summed E-state index contributed by atoms with van der Waals surface area (Å²) in [4.78, 5) is 0. The van der Waals surface area contributed by atoms with Gasteiger partial charge in [-0.15, -0.1) is 0 Å². The summed E-state index contributed by atoms with van der Waals surface area (Å²) in [5, 5.41) is 10.4. The van der Waals surface area contributed by atoms with Crippen LogP contribution in [0.4, 0.5) is 13.2 Å². The first-order valence-electron chi connectivity index (χ1n) is 5.54. The fourth-order valence-electron chi connectivity index (χ4n) is 2.53. The van der Waals surface area contributed by atoms with Crippen LogP contribution in [0.2, 0.25) is 5.02 Å². The van der Waals surface area contributed by atoms with Crippen molar-refractivity contribution in [2.45, 2.75) is 11.8 Å². The number of hydrogen-bond donors (Lipinski definition) is 1. The smallest absolute Gasteiger partial charge is 0.372 e. The average molecular weight is 285 g/mol. The molecule has 0 saturated heterocycles. The monoisotopic (exact) mass is 284 g/mol. The maximum atomic E-state index is 13.3. The zero-order chi connectivity index (χ0) is 13.8. The van der Waals surface area contributed by atoms with Crippen molar-refractivity contribution in [3.63, 3.8) is 0 Å². The maximum Gasteiger partial charge on any atom is 0.425 e. The highest BCUT2D eigenvalue weighted by atomic mass is 35.5. The van der Waals surface area contributed by atoms with Crippen LogP contribution >= 0.6 is 11.6 Å². The molecule has 3 rings (SSSR count). The van der Waals surface area contributed by atoms with Gasteiger partial charge in [0.25, 0.3) is 0 Å². The molecule has 0 saturated carbocycles. The molecule has 0 fully saturated rings. The van der Waals surface area contributed by atoms with Crippen LogP contribution in [-0.2, 0) is 5.60 Å². The molecule has 2 aromatic carbocycles. The predicted octanol–water partition coefficient (Wildman–Crippen LogP) is 4.12. The summed E-state index contributed by atoms with van der Waals surface area (Å²) >= 11 is 5.77. The molecule has 1 aliphatic rings. The van der Waals surface area contributed by atoms with E-state index in [0.29, 0.717) is 11.1 Å². The first kappa shape index (κ1) is 12.5. The number of benzene rings is 2. The lowest BCUT2D eigenvalue weighted by Crippen LogP contribution is -2.41. The molecule has 1 N–H and O–H groups in total. The number of aliphatic hydroxyl groups is 1. The molecule has 1 aliphatic carbocycles. The molecule has 0 bridgehead atoms. The average Bonchev–Trinajstić information content (AvgIpc) is 2.61. The minimum Gasteiger partial charge on any atom is -0.372 e. The van der Waals surface area contributed by atoms with E-state index in [1.807, 2.05) is 0 Å². The molecule has 1 unspecified atom stereocenters. The quantitative estimate of drug-likeness (QED) is 0.771. The first-order valence-corrected chi connectivity index (χ1v) is 5.92. The van der Waals surface area contributed by atoms with Crippen LogP contribution in [0.5, 0.6) is 0 Å². The second kappa shape index (κ2) is 3.74. The topological polar surface area (TPSA) is 20.2 Å². The van der Waals surface area contributed by atoms with Crippen LogP contribution in [0.15, 0.2) is 42.5 Å². The van der Waals surface area contributed by atoms with E-state index < -0.39 is 11.8 Å². The van der Waals surface area contributed by atoms with Crippen molar-refractivity contribution >= 4 is 11.6 Å². The molecule has 5 heteroatoms. The third-order valence-corrected chi connectivity index (χ3v) is 3.62. The van der Waals surface area contributed by atoms with Crippen molar-refractivity contribution in [2.24, 2.45) is 0 Å². The molecule has 0 amide bonds. The lowest BCUT2D eigenvalue weighted by molar-refractivity contribution is -0.246. The summed E-state index contributed by atoms with van der Waals surface area (Å²) in [5.74, 6) is 0. The van der Waals surface area contributed by atoms with E-state index in [0.717, 1.165) is 0 Å². The second-order valence-corrected chi connectivity index (χ2v) is 4.88. The van der Waals surface area contributed by atoms with Crippen molar-refractivity contribution in [1.82, 2.24) is 0 Å². The molecular weight excluding hydrogens is 277 g/mol. The van der Waals surface area contributed by atoms with Gasteiger partial charge in [0.1, 0.15) is 0 Å². The van der Waals surface area contributed by atoms with E-state index in [4.69, 9.17) is 11.6 Å². The molecule has 0 heterocycles. The van der Waals surface area contributed by atoms with E-state index in [1.165, 1.54) is 30.3 Å². The Morgan fingerprint density at radius 3 is 2.26 bits per heavy atom. The summed E-state index contributed by atoms with van der Waals surface area (Å²) in [7, 11) is 0. The number of halogens is 4. The molecule has 2 aromatic rings. The summed E-state index contributed by atoms with van der Waals surface area (Å²) in [5.41, 5.74) is -2.62. The van der Waals surface area contributed by atoms with Gasteiger partial charge in [-0.25, -0.2) is 0 Å². The first-order chi connectivity index (χ1) is 8.85. The fraction of sp³-hybridized carbons (Fsp3) is 0.143. The number of hydrogen-bond acceptors (Lipinski definition) is 1. The molecule has 0 spiro atoms. The Kier molecular flexibility index (Phi) is 2.46. The predicted molar refractivity (Wildman–Crippen MR) is 65.9 cm³/mol. The van der Waals surface area contributed by atoms with Gasteiger partial charge in [-0.05, 0) is 23.3 Å². The van der Waals surface area contributed by atoms with E-state index in [9.17, 15) is 18.3 Å².